The van der Waals surface area contributed by atoms with Gasteiger partial charge in [0.05, 0.1) is 5.41 Å². The van der Waals surface area contributed by atoms with Gasteiger partial charge in [-0.15, -0.1) is 0 Å². The maximum Gasteiger partial charge on any atom is 0.265 e. The maximum absolute atomic E-state index is 13.1. The molecule has 0 radical (unpaired) electrons. The van der Waals surface area contributed by atoms with E-state index in [1.54, 1.807) is 18.2 Å². The average Bonchev–Trinajstić information content (AvgIpc) is 2.63. The van der Waals surface area contributed by atoms with Crippen molar-refractivity contribution in [1.82, 2.24) is 4.72 Å². The van der Waals surface area contributed by atoms with Crippen molar-refractivity contribution in [3.05, 3.63) is 64.6 Å². The summed E-state index contributed by atoms with van der Waals surface area (Å²) in [4.78, 5) is 13.1. The van der Waals surface area contributed by atoms with Crippen molar-refractivity contribution in [2.24, 2.45) is 5.41 Å². The Morgan fingerprint density at radius 2 is 1.65 bits per heavy atom. The van der Waals surface area contributed by atoms with Crippen molar-refractivity contribution in [2.45, 2.75) is 24.2 Å². The summed E-state index contributed by atoms with van der Waals surface area (Å²) in [5, 5.41) is 0. The largest absolute Gasteiger partial charge is 0.381 e. The molecule has 0 aliphatic carbocycles. The summed E-state index contributed by atoms with van der Waals surface area (Å²) in [6, 6.07) is 16.1. The molecule has 2 aromatic rings. The lowest BCUT2D eigenvalue weighted by Gasteiger charge is -2.35. The minimum absolute atomic E-state index is 0.0512. The van der Waals surface area contributed by atoms with Gasteiger partial charge in [0, 0.05) is 17.7 Å². The Labute approximate surface area is 161 Å². The second kappa shape index (κ2) is 7.90. The summed E-state index contributed by atoms with van der Waals surface area (Å²) in [5.41, 5.74) is 0.205. The van der Waals surface area contributed by atoms with Crippen LogP contribution < -0.4 is 4.72 Å². The smallest absolute Gasteiger partial charge is 0.265 e. The molecule has 1 amide bonds. The molecule has 2 aromatic carbocycles. The second-order valence-corrected chi connectivity index (χ2v) is 8.93. The highest BCUT2D eigenvalue weighted by Crippen LogP contribution is 2.35. The summed E-state index contributed by atoms with van der Waals surface area (Å²) >= 11 is 3.23. The van der Waals surface area contributed by atoms with Crippen LogP contribution in [-0.4, -0.2) is 27.5 Å². The highest BCUT2D eigenvalue weighted by molar-refractivity contribution is 9.10. The maximum atomic E-state index is 13.1. The van der Waals surface area contributed by atoms with Crippen molar-refractivity contribution >= 4 is 31.9 Å². The molecule has 0 saturated carbocycles. The molecule has 0 bridgehead atoms. The predicted octanol–water partition coefficient (Wildman–Crippen LogP) is 3.29. The van der Waals surface area contributed by atoms with Gasteiger partial charge in [-0.1, -0.05) is 42.5 Å². The monoisotopic (exact) mass is 437 g/mol. The van der Waals surface area contributed by atoms with E-state index in [-0.39, 0.29) is 4.90 Å². The molecule has 26 heavy (non-hydrogen) atoms. The van der Waals surface area contributed by atoms with Gasteiger partial charge in [-0.25, -0.2) is 13.1 Å². The van der Waals surface area contributed by atoms with Crippen LogP contribution in [0.1, 0.15) is 18.4 Å². The zero-order valence-corrected chi connectivity index (χ0v) is 16.6. The van der Waals surface area contributed by atoms with E-state index in [0.29, 0.717) is 36.9 Å². The number of rotatable bonds is 5. The van der Waals surface area contributed by atoms with Crippen LogP contribution in [0.3, 0.4) is 0 Å². The lowest BCUT2D eigenvalue weighted by Crippen LogP contribution is -2.48. The van der Waals surface area contributed by atoms with Gasteiger partial charge in [0.25, 0.3) is 10.0 Å². The van der Waals surface area contributed by atoms with Gasteiger partial charge >= 0.3 is 0 Å². The summed E-state index contributed by atoms with van der Waals surface area (Å²) in [7, 11) is -3.96. The van der Waals surface area contributed by atoms with Gasteiger partial charge in [-0.3, -0.25) is 4.79 Å². The molecule has 7 heteroatoms. The summed E-state index contributed by atoms with van der Waals surface area (Å²) in [6.07, 6.45) is 1.45. The molecule has 0 unspecified atom stereocenters. The Bertz CT molecular complexity index is 877. The van der Waals surface area contributed by atoms with Crippen LogP contribution in [0.5, 0.6) is 0 Å². The molecule has 3 rings (SSSR count). The average molecular weight is 438 g/mol. The number of nitrogens with one attached hydrogen (secondary N) is 1. The molecule has 138 valence electrons. The van der Waals surface area contributed by atoms with Gasteiger partial charge in [0.15, 0.2) is 0 Å². The van der Waals surface area contributed by atoms with Gasteiger partial charge in [0.2, 0.25) is 5.91 Å². The van der Waals surface area contributed by atoms with E-state index in [2.05, 4.69) is 20.7 Å². The van der Waals surface area contributed by atoms with Gasteiger partial charge in [-0.2, -0.15) is 0 Å². The first-order chi connectivity index (χ1) is 12.4. The molecule has 1 saturated heterocycles. The summed E-state index contributed by atoms with van der Waals surface area (Å²) in [6.45, 7) is 0.880. The Balaban J connectivity index is 1.87. The van der Waals surface area contributed by atoms with Crippen molar-refractivity contribution in [3.8, 4) is 0 Å². The van der Waals surface area contributed by atoms with E-state index < -0.39 is 21.3 Å². The molecule has 1 N–H and O–H groups in total. The van der Waals surface area contributed by atoms with Crippen molar-refractivity contribution in [1.29, 1.82) is 0 Å². The predicted molar refractivity (Wildman–Crippen MR) is 102 cm³/mol. The number of hydrogen-bond donors (Lipinski definition) is 1. The van der Waals surface area contributed by atoms with Crippen LogP contribution in [0, 0.1) is 5.41 Å². The number of benzene rings is 2. The first kappa shape index (κ1) is 19.1. The lowest BCUT2D eigenvalue weighted by atomic mass is 9.74. The fraction of sp³-hybridized carbons (Fsp3) is 0.316. The number of carbonyl (C=O) groups is 1. The molecule has 1 fully saturated rings. The van der Waals surface area contributed by atoms with Crippen LogP contribution in [0.2, 0.25) is 0 Å². The van der Waals surface area contributed by atoms with E-state index >= 15 is 0 Å². The first-order valence-corrected chi connectivity index (χ1v) is 10.6. The lowest BCUT2D eigenvalue weighted by molar-refractivity contribution is -0.134. The molecule has 0 aromatic heterocycles. The highest BCUT2D eigenvalue weighted by atomic mass is 79.9. The van der Waals surface area contributed by atoms with Gasteiger partial charge in [-0.05, 0) is 52.9 Å². The molecule has 1 heterocycles. The summed E-state index contributed by atoms with van der Waals surface area (Å²) < 4.78 is 33.5. The minimum Gasteiger partial charge on any atom is -0.381 e. The Morgan fingerprint density at radius 3 is 2.31 bits per heavy atom. The van der Waals surface area contributed by atoms with Crippen molar-refractivity contribution in [3.63, 3.8) is 0 Å². The molecular weight excluding hydrogens is 418 g/mol. The van der Waals surface area contributed by atoms with E-state index in [9.17, 15) is 13.2 Å². The Kier molecular flexibility index (Phi) is 5.79. The highest BCUT2D eigenvalue weighted by Gasteiger charge is 2.42. The molecular formula is C19H20BrNO4S. The number of sulfonamides is 1. The SMILES string of the molecule is O=C(NS(=O)(=O)c1ccccc1Br)C1(Cc2ccccc2)CCOCC1. The van der Waals surface area contributed by atoms with Crippen molar-refractivity contribution in [2.75, 3.05) is 13.2 Å². The Morgan fingerprint density at radius 1 is 1.04 bits per heavy atom. The molecule has 1 aliphatic rings. The number of hydrogen-bond acceptors (Lipinski definition) is 4. The number of amides is 1. The minimum atomic E-state index is -3.96. The van der Waals surface area contributed by atoms with Crippen LogP contribution >= 0.6 is 15.9 Å². The zero-order chi connectivity index (χ0) is 18.6. The fourth-order valence-electron chi connectivity index (χ4n) is 3.18. The standard InChI is InChI=1S/C19H20BrNO4S/c20-16-8-4-5-9-17(16)26(23,24)21-18(22)19(10-12-25-13-11-19)14-15-6-2-1-3-7-15/h1-9H,10-14H2,(H,21,22). The number of ether oxygens (including phenoxy) is 1. The number of halogens is 1. The van der Waals surface area contributed by atoms with E-state index in [1.165, 1.54) is 6.07 Å². The Hall–Kier alpha value is -1.70. The second-order valence-electron chi connectivity index (χ2n) is 6.42. The van der Waals surface area contributed by atoms with Gasteiger partial charge < -0.3 is 4.74 Å². The quantitative estimate of drug-likeness (QED) is 0.778. The van der Waals surface area contributed by atoms with Crippen molar-refractivity contribution < 1.29 is 17.9 Å². The number of carbonyl (C=O) groups excluding carboxylic acids is 1. The van der Waals surface area contributed by atoms with Crippen LogP contribution in [0.4, 0.5) is 0 Å². The van der Waals surface area contributed by atoms with Crippen LogP contribution in [0.25, 0.3) is 0 Å². The van der Waals surface area contributed by atoms with E-state index in [0.717, 1.165) is 5.56 Å². The topological polar surface area (TPSA) is 72.5 Å². The third-order valence-corrected chi connectivity index (χ3v) is 7.01. The van der Waals surface area contributed by atoms with Gasteiger partial charge in [0.1, 0.15) is 4.90 Å². The zero-order valence-electron chi connectivity index (χ0n) is 14.2. The third-order valence-electron chi connectivity index (χ3n) is 4.67. The summed E-state index contributed by atoms with van der Waals surface area (Å²) in [5.74, 6) is -0.472. The molecule has 5 nitrogen and oxygen atoms in total. The van der Waals surface area contributed by atoms with E-state index in [1.807, 2.05) is 30.3 Å². The first-order valence-electron chi connectivity index (χ1n) is 8.36. The van der Waals surface area contributed by atoms with Crippen LogP contribution in [0.15, 0.2) is 64.0 Å². The third kappa shape index (κ3) is 4.16. The molecule has 0 spiro atoms. The van der Waals surface area contributed by atoms with E-state index in [4.69, 9.17) is 4.74 Å². The molecule has 1 aliphatic heterocycles. The van der Waals surface area contributed by atoms with Crippen LogP contribution in [-0.2, 0) is 26.0 Å². The normalized spacial score (nSPS) is 16.8. The molecule has 0 atom stereocenters. The fourth-order valence-corrected chi connectivity index (χ4v) is 5.26.